The maximum Gasteiger partial charge on any atom is 0.261 e. The molecule has 0 spiro atoms. The van der Waals surface area contributed by atoms with Gasteiger partial charge >= 0.3 is 0 Å². The molecule has 0 aliphatic heterocycles. The van der Waals surface area contributed by atoms with Crippen molar-refractivity contribution < 1.29 is 14.3 Å². The van der Waals surface area contributed by atoms with Gasteiger partial charge in [-0.25, -0.2) is 4.98 Å². The molecule has 0 unspecified atom stereocenters. The topological polar surface area (TPSA) is 72.5 Å². The first-order chi connectivity index (χ1) is 13.3. The third kappa shape index (κ3) is 4.57. The molecule has 11 heteroatoms. The van der Waals surface area contributed by atoms with Crippen molar-refractivity contribution in [2.24, 2.45) is 0 Å². The van der Waals surface area contributed by atoms with Crippen LogP contribution in [0.5, 0.6) is 11.5 Å². The minimum atomic E-state index is -0.415. The highest BCUT2D eigenvalue weighted by Crippen LogP contribution is 2.35. The summed E-state index contributed by atoms with van der Waals surface area (Å²) in [6.45, 7) is 0. The van der Waals surface area contributed by atoms with Crippen LogP contribution in [-0.4, -0.2) is 30.2 Å². The van der Waals surface area contributed by atoms with Crippen LogP contribution in [0.2, 0.25) is 5.02 Å². The van der Waals surface area contributed by atoms with E-state index < -0.39 is 5.91 Å². The number of benzene rings is 2. The molecular weight excluding hydrogens is 554 g/mol. The molecule has 0 atom stereocenters. The number of nitrogens with one attached hydrogen (secondary N) is 2. The number of ether oxygens (including phenoxy) is 2. The average molecular weight is 566 g/mol. The molecule has 0 aliphatic rings. The number of thiazole rings is 1. The highest BCUT2D eigenvalue weighted by molar-refractivity contribution is 9.11. The quantitative estimate of drug-likeness (QED) is 0.400. The normalized spacial score (nSPS) is 10.6. The molecule has 2 N–H and O–H groups in total. The van der Waals surface area contributed by atoms with E-state index in [0.29, 0.717) is 37.2 Å². The maximum absolute atomic E-state index is 12.6. The number of hydrogen-bond donors (Lipinski definition) is 2. The summed E-state index contributed by atoms with van der Waals surface area (Å²) in [5, 5.41) is 6.64. The summed E-state index contributed by atoms with van der Waals surface area (Å²) in [5.74, 6) is 0.556. The molecule has 0 fully saturated rings. The van der Waals surface area contributed by atoms with Gasteiger partial charge in [0.15, 0.2) is 10.2 Å². The smallest absolute Gasteiger partial charge is 0.261 e. The molecule has 0 radical (unpaired) electrons. The van der Waals surface area contributed by atoms with E-state index in [0.717, 1.165) is 9.17 Å². The summed E-state index contributed by atoms with van der Waals surface area (Å²) in [6.07, 6.45) is 0. The third-order valence-electron chi connectivity index (χ3n) is 3.57. The third-order valence-corrected chi connectivity index (χ3v) is 6.05. The van der Waals surface area contributed by atoms with Crippen molar-refractivity contribution in [3.8, 4) is 11.5 Å². The molecule has 2 aromatic carbocycles. The fraction of sp³-hybridized carbons (Fsp3) is 0.118. The monoisotopic (exact) mass is 563 g/mol. The fourth-order valence-corrected chi connectivity index (χ4v) is 5.13. The van der Waals surface area contributed by atoms with Gasteiger partial charge in [-0.3, -0.25) is 10.1 Å². The number of hydrogen-bond acceptors (Lipinski definition) is 6. The summed E-state index contributed by atoms with van der Waals surface area (Å²) >= 11 is 19.5. The molecule has 146 valence electrons. The Hall–Kier alpha value is -1.46. The molecule has 3 aromatic rings. The van der Waals surface area contributed by atoms with Gasteiger partial charge in [0.05, 0.1) is 39.5 Å². The van der Waals surface area contributed by atoms with Crippen molar-refractivity contribution in [2.45, 2.75) is 0 Å². The first-order valence-electron chi connectivity index (χ1n) is 7.61. The van der Waals surface area contributed by atoms with Crippen molar-refractivity contribution >= 4 is 93.4 Å². The predicted molar refractivity (Wildman–Crippen MR) is 123 cm³/mol. The number of carbonyl (C=O) groups excluding carboxylic acids is 1. The Kier molecular flexibility index (Phi) is 6.77. The standard InChI is InChI=1S/C17H12Br2ClN3O3S2/c1-25-12-6-13-11(5-10(12)20)21-17(28-13)23-16(27)22-15(24)8-3-7(18)4-9(19)14(8)26-2/h3-6H,1-2H3,(H2,21,22,23,24,27). The summed E-state index contributed by atoms with van der Waals surface area (Å²) in [4.78, 5) is 17.0. The highest BCUT2D eigenvalue weighted by atomic mass is 79.9. The lowest BCUT2D eigenvalue weighted by Crippen LogP contribution is -2.34. The first kappa shape index (κ1) is 21.3. The van der Waals surface area contributed by atoms with Crippen LogP contribution in [0.4, 0.5) is 5.13 Å². The van der Waals surface area contributed by atoms with Crippen molar-refractivity contribution in [2.75, 3.05) is 19.5 Å². The van der Waals surface area contributed by atoms with Gasteiger partial charge in [-0.1, -0.05) is 38.9 Å². The fourth-order valence-electron chi connectivity index (χ4n) is 2.37. The second-order valence-corrected chi connectivity index (χ2v) is 8.97. The van der Waals surface area contributed by atoms with Crippen LogP contribution in [0.3, 0.4) is 0 Å². The molecule has 6 nitrogen and oxygen atoms in total. The van der Waals surface area contributed by atoms with E-state index in [-0.39, 0.29) is 5.11 Å². The summed E-state index contributed by atoms with van der Waals surface area (Å²) in [7, 11) is 3.04. The number of amides is 1. The van der Waals surface area contributed by atoms with Gasteiger partial charge in [-0.05, 0) is 46.3 Å². The molecule has 1 aromatic heterocycles. The number of methoxy groups -OCH3 is 2. The molecule has 28 heavy (non-hydrogen) atoms. The van der Waals surface area contributed by atoms with Crippen molar-refractivity contribution in [3.63, 3.8) is 0 Å². The van der Waals surface area contributed by atoms with E-state index >= 15 is 0 Å². The number of anilines is 1. The van der Waals surface area contributed by atoms with Gasteiger partial charge < -0.3 is 14.8 Å². The van der Waals surface area contributed by atoms with E-state index in [1.807, 2.05) is 0 Å². The number of rotatable bonds is 4. The number of halogens is 3. The van der Waals surface area contributed by atoms with Crippen LogP contribution in [0.1, 0.15) is 10.4 Å². The molecular formula is C17H12Br2ClN3O3S2. The van der Waals surface area contributed by atoms with Gasteiger partial charge in [-0.15, -0.1) is 0 Å². The van der Waals surface area contributed by atoms with Crippen LogP contribution >= 0.6 is 67.0 Å². The van der Waals surface area contributed by atoms with Gasteiger partial charge in [-0.2, -0.15) is 0 Å². The Bertz CT molecular complexity index is 1090. The summed E-state index contributed by atoms with van der Waals surface area (Å²) in [5.41, 5.74) is 1.03. The van der Waals surface area contributed by atoms with Gasteiger partial charge in [0.25, 0.3) is 5.91 Å². The SMILES string of the molecule is COc1cc2sc(NC(=S)NC(=O)c3cc(Br)cc(Br)c3OC)nc2cc1Cl. The van der Waals surface area contributed by atoms with Crippen LogP contribution in [0.25, 0.3) is 10.2 Å². The largest absolute Gasteiger partial charge is 0.495 e. The zero-order valence-electron chi connectivity index (χ0n) is 14.4. The van der Waals surface area contributed by atoms with Crippen LogP contribution in [-0.2, 0) is 0 Å². The minimum Gasteiger partial charge on any atom is -0.495 e. The maximum atomic E-state index is 12.6. The average Bonchev–Trinajstić information content (AvgIpc) is 3.00. The van der Waals surface area contributed by atoms with Crippen LogP contribution < -0.4 is 20.1 Å². The van der Waals surface area contributed by atoms with Crippen LogP contribution in [0.15, 0.2) is 33.2 Å². The Morgan fingerprint density at radius 1 is 1.21 bits per heavy atom. The van der Waals surface area contributed by atoms with E-state index in [1.165, 1.54) is 18.4 Å². The Morgan fingerprint density at radius 2 is 1.96 bits per heavy atom. The predicted octanol–water partition coefficient (Wildman–Crippen LogP) is 5.62. The van der Waals surface area contributed by atoms with E-state index in [9.17, 15) is 4.79 Å². The molecule has 1 heterocycles. The first-order valence-corrected chi connectivity index (χ1v) is 10.8. The molecule has 0 bridgehead atoms. The van der Waals surface area contributed by atoms with E-state index in [4.69, 9.17) is 33.3 Å². The number of fused-ring (bicyclic) bond motifs is 1. The highest BCUT2D eigenvalue weighted by Gasteiger charge is 2.18. The van der Waals surface area contributed by atoms with Gasteiger partial charge in [0.1, 0.15) is 11.5 Å². The Labute approximate surface area is 191 Å². The van der Waals surface area contributed by atoms with Gasteiger partial charge in [0.2, 0.25) is 0 Å². The van der Waals surface area contributed by atoms with Gasteiger partial charge in [0, 0.05) is 10.5 Å². The van der Waals surface area contributed by atoms with Crippen molar-refractivity contribution in [3.05, 3.63) is 43.8 Å². The Morgan fingerprint density at radius 3 is 2.64 bits per heavy atom. The second kappa shape index (κ2) is 8.91. The lowest BCUT2D eigenvalue weighted by atomic mass is 10.2. The van der Waals surface area contributed by atoms with Crippen molar-refractivity contribution in [1.29, 1.82) is 0 Å². The zero-order valence-corrected chi connectivity index (χ0v) is 20.0. The lowest BCUT2D eigenvalue weighted by molar-refractivity contribution is 0.0974. The minimum absolute atomic E-state index is 0.111. The number of thiocarbonyl (C=S) groups is 1. The van der Waals surface area contributed by atoms with E-state index in [2.05, 4.69) is 47.5 Å². The number of aromatic nitrogens is 1. The molecule has 0 saturated heterocycles. The molecule has 0 saturated carbocycles. The molecule has 1 amide bonds. The summed E-state index contributed by atoms with van der Waals surface area (Å²) < 4.78 is 12.7. The Balaban J connectivity index is 1.77. The molecule has 3 rings (SSSR count). The molecule has 0 aliphatic carbocycles. The number of carbonyl (C=O) groups is 1. The zero-order chi connectivity index (χ0) is 20.4. The van der Waals surface area contributed by atoms with Crippen molar-refractivity contribution in [1.82, 2.24) is 10.3 Å². The summed E-state index contributed by atoms with van der Waals surface area (Å²) in [6, 6.07) is 6.94. The lowest BCUT2D eigenvalue weighted by Gasteiger charge is -2.12. The number of nitrogens with zero attached hydrogens (tertiary/aromatic N) is 1. The second-order valence-electron chi connectivity index (χ2n) is 5.35. The van der Waals surface area contributed by atoms with Crippen LogP contribution in [0, 0.1) is 0 Å². The van der Waals surface area contributed by atoms with E-state index in [1.54, 1.807) is 31.4 Å².